The van der Waals surface area contributed by atoms with E-state index in [0.29, 0.717) is 30.9 Å². The van der Waals surface area contributed by atoms with Gasteiger partial charge < -0.3 is 14.9 Å². The highest BCUT2D eigenvalue weighted by molar-refractivity contribution is 6.05. The Balaban J connectivity index is 1.27. The van der Waals surface area contributed by atoms with E-state index in [-0.39, 0.29) is 42.5 Å². The number of aromatic hydroxyl groups is 1. The van der Waals surface area contributed by atoms with Crippen molar-refractivity contribution in [2.24, 2.45) is 0 Å². The molecular weight excluding hydrogens is 439 g/mol. The second-order valence-corrected chi connectivity index (χ2v) is 9.30. The molecule has 1 atom stereocenters. The predicted molar refractivity (Wildman–Crippen MR) is 123 cm³/mol. The molecule has 0 bridgehead atoms. The molecule has 3 aliphatic rings. The molecule has 2 aromatic carbocycles. The van der Waals surface area contributed by atoms with Gasteiger partial charge in [-0.05, 0) is 54.3 Å². The third-order valence-corrected chi connectivity index (χ3v) is 6.83. The number of benzene rings is 2. The van der Waals surface area contributed by atoms with Crippen LogP contribution in [0.4, 0.5) is 10.1 Å². The highest BCUT2D eigenvalue weighted by atomic mass is 19.1. The Morgan fingerprint density at radius 2 is 1.82 bits per heavy atom. The number of nitrogens with zero attached hydrogens (tertiary/aromatic N) is 3. The number of hydrogen-bond acceptors (Lipinski definition) is 6. The highest BCUT2D eigenvalue weighted by Gasteiger charge is 2.39. The Labute approximate surface area is 196 Å². The van der Waals surface area contributed by atoms with Gasteiger partial charge >= 0.3 is 0 Å². The smallest absolute Gasteiger partial charge is 0.255 e. The number of anilines is 1. The zero-order chi connectivity index (χ0) is 24.0. The van der Waals surface area contributed by atoms with E-state index in [4.69, 9.17) is 0 Å². The lowest BCUT2D eigenvalue weighted by Gasteiger charge is -2.36. The van der Waals surface area contributed by atoms with Crippen molar-refractivity contribution in [3.63, 3.8) is 0 Å². The monoisotopic (exact) mass is 466 g/mol. The van der Waals surface area contributed by atoms with Gasteiger partial charge in [-0.25, -0.2) is 4.39 Å². The number of imide groups is 1. The maximum absolute atomic E-state index is 15.1. The van der Waals surface area contributed by atoms with Crippen LogP contribution in [-0.2, 0) is 22.7 Å². The summed E-state index contributed by atoms with van der Waals surface area (Å²) < 4.78 is 15.1. The molecule has 34 heavy (non-hydrogen) atoms. The number of fused-ring (bicyclic) bond motifs is 1. The number of nitrogens with one attached hydrogen (secondary N) is 1. The summed E-state index contributed by atoms with van der Waals surface area (Å²) in [5, 5.41) is 12.1. The van der Waals surface area contributed by atoms with Crippen LogP contribution in [0.3, 0.4) is 0 Å². The van der Waals surface area contributed by atoms with Crippen LogP contribution in [-0.4, -0.2) is 64.8 Å². The minimum absolute atomic E-state index is 0.183. The van der Waals surface area contributed by atoms with Gasteiger partial charge in [0, 0.05) is 51.3 Å². The van der Waals surface area contributed by atoms with Crippen LogP contribution in [0.2, 0.25) is 0 Å². The molecule has 1 unspecified atom stereocenters. The molecule has 3 heterocycles. The van der Waals surface area contributed by atoms with E-state index in [9.17, 15) is 19.5 Å². The number of piperazine rings is 1. The summed E-state index contributed by atoms with van der Waals surface area (Å²) in [6, 6.07) is 7.84. The van der Waals surface area contributed by atoms with Crippen molar-refractivity contribution in [3.05, 3.63) is 58.4 Å². The molecule has 0 saturated carbocycles. The number of hydrogen-bond donors (Lipinski definition) is 2. The molecule has 2 saturated heterocycles. The van der Waals surface area contributed by atoms with Crippen molar-refractivity contribution in [1.29, 1.82) is 0 Å². The van der Waals surface area contributed by atoms with Crippen LogP contribution in [0, 0.1) is 12.7 Å². The molecule has 2 N–H and O–H groups in total. The van der Waals surface area contributed by atoms with E-state index < -0.39 is 17.8 Å². The SMILES string of the molecule is Cc1cc(O)cc(CN2CCN(c3cc4c(cc3F)C(=O)N(C3CCC(=O)NC3=O)C4)CC2)c1. The fourth-order valence-corrected chi connectivity index (χ4v) is 5.16. The van der Waals surface area contributed by atoms with Gasteiger partial charge in [0.05, 0.1) is 5.69 Å². The number of halogens is 1. The van der Waals surface area contributed by atoms with Crippen LogP contribution < -0.4 is 10.2 Å². The normalized spacial score (nSPS) is 21.1. The molecule has 178 valence electrons. The van der Waals surface area contributed by atoms with E-state index in [2.05, 4.69) is 16.3 Å². The van der Waals surface area contributed by atoms with E-state index in [1.165, 1.54) is 11.0 Å². The summed E-state index contributed by atoms with van der Waals surface area (Å²) in [4.78, 5) is 42.3. The second-order valence-electron chi connectivity index (χ2n) is 9.30. The zero-order valence-corrected chi connectivity index (χ0v) is 19.0. The second kappa shape index (κ2) is 8.72. The average Bonchev–Trinajstić information content (AvgIpc) is 3.08. The molecule has 0 aliphatic carbocycles. The molecule has 2 fully saturated rings. The summed E-state index contributed by atoms with van der Waals surface area (Å²) in [6.45, 7) is 5.65. The molecule has 3 amide bonds. The number of piperidine rings is 1. The molecule has 9 heteroatoms. The molecule has 8 nitrogen and oxygen atoms in total. The van der Waals surface area contributed by atoms with Gasteiger partial charge in [0.25, 0.3) is 5.91 Å². The van der Waals surface area contributed by atoms with Gasteiger partial charge in [-0.2, -0.15) is 0 Å². The summed E-state index contributed by atoms with van der Waals surface area (Å²) in [7, 11) is 0. The first-order valence-electron chi connectivity index (χ1n) is 11.5. The van der Waals surface area contributed by atoms with Crippen molar-refractivity contribution >= 4 is 23.4 Å². The number of carbonyl (C=O) groups excluding carboxylic acids is 3. The molecule has 5 rings (SSSR count). The molecule has 3 aliphatic heterocycles. The van der Waals surface area contributed by atoms with Crippen LogP contribution in [0.5, 0.6) is 5.75 Å². The summed E-state index contributed by atoms with van der Waals surface area (Å²) in [6.07, 6.45) is 0.461. The van der Waals surface area contributed by atoms with Crippen molar-refractivity contribution in [2.75, 3.05) is 31.1 Å². The maximum atomic E-state index is 15.1. The summed E-state index contributed by atoms with van der Waals surface area (Å²) in [5.41, 5.74) is 3.49. The van der Waals surface area contributed by atoms with Crippen LogP contribution in [0.1, 0.15) is 39.9 Å². The van der Waals surface area contributed by atoms with Gasteiger partial charge in [-0.15, -0.1) is 0 Å². The largest absolute Gasteiger partial charge is 0.508 e. The lowest BCUT2D eigenvalue weighted by atomic mass is 10.0. The minimum Gasteiger partial charge on any atom is -0.508 e. The van der Waals surface area contributed by atoms with Crippen LogP contribution in [0.25, 0.3) is 0 Å². The Bertz CT molecular complexity index is 1160. The van der Waals surface area contributed by atoms with Crippen molar-refractivity contribution < 1.29 is 23.9 Å². The zero-order valence-electron chi connectivity index (χ0n) is 19.0. The first kappa shape index (κ1) is 22.3. The Morgan fingerprint density at radius 1 is 1.06 bits per heavy atom. The van der Waals surface area contributed by atoms with Crippen molar-refractivity contribution in [1.82, 2.24) is 15.1 Å². The third-order valence-electron chi connectivity index (χ3n) is 6.83. The quantitative estimate of drug-likeness (QED) is 0.669. The van der Waals surface area contributed by atoms with Gasteiger partial charge in [0.2, 0.25) is 11.8 Å². The van der Waals surface area contributed by atoms with Gasteiger partial charge in [0.1, 0.15) is 17.6 Å². The van der Waals surface area contributed by atoms with Crippen molar-refractivity contribution in [2.45, 2.75) is 38.9 Å². The predicted octanol–water partition coefficient (Wildman–Crippen LogP) is 1.92. The topological polar surface area (TPSA) is 93.2 Å². The van der Waals surface area contributed by atoms with E-state index in [0.717, 1.165) is 24.2 Å². The summed E-state index contributed by atoms with van der Waals surface area (Å²) >= 11 is 0. The van der Waals surface area contributed by atoms with Crippen LogP contribution >= 0.6 is 0 Å². The minimum atomic E-state index is -0.714. The maximum Gasteiger partial charge on any atom is 0.255 e. The van der Waals surface area contributed by atoms with Gasteiger partial charge in [-0.1, -0.05) is 6.07 Å². The number of aryl methyl sites for hydroxylation is 1. The van der Waals surface area contributed by atoms with Gasteiger partial charge in [0.15, 0.2) is 0 Å². The lowest BCUT2D eigenvalue weighted by Crippen LogP contribution is -2.52. The molecule has 0 spiro atoms. The fraction of sp³-hybridized carbons (Fsp3) is 0.400. The number of amides is 3. The third kappa shape index (κ3) is 4.23. The van der Waals surface area contributed by atoms with E-state index in [1.54, 1.807) is 18.2 Å². The first-order valence-corrected chi connectivity index (χ1v) is 11.5. The number of phenolic OH excluding ortho intramolecular Hbond substituents is 1. The fourth-order valence-electron chi connectivity index (χ4n) is 5.16. The summed E-state index contributed by atoms with van der Waals surface area (Å²) in [5.74, 6) is -1.38. The van der Waals surface area contributed by atoms with Crippen LogP contribution in [0.15, 0.2) is 30.3 Å². The number of rotatable bonds is 4. The Morgan fingerprint density at radius 3 is 2.53 bits per heavy atom. The Hall–Kier alpha value is -3.46. The van der Waals surface area contributed by atoms with E-state index >= 15 is 4.39 Å². The molecular formula is C25H27FN4O4. The van der Waals surface area contributed by atoms with E-state index in [1.807, 2.05) is 11.8 Å². The Kier molecular flexibility index (Phi) is 5.73. The molecule has 0 radical (unpaired) electrons. The van der Waals surface area contributed by atoms with Gasteiger partial charge in [-0.3, -0.25) is 24.6 Å². The first-order chi connectivity index (χ1) is 16.3. The average molecular weight is 467 g/mol. The molecule has 0 aromatic heterocycles. The molecule has 2 aromatic rings. The number of carbonyl (C=O) groups is 3. The standard InChI is InChI=1S/C25H27FN4O4/c1-15-8-16(10-18(31)9-15)13-28-4-6-29(7-5-28)22-11-17-14-30(25(34)19(17)12-20(22)26)21-2-3-23(32)27-24(21)33/h8-12,21,31H,2-7,13-14H2,1H3,(H,27,32,33). The van der Waals surface area contributed by atoms with Crippen molar-refractivity contribution in [3.8, 4) is 5.75 Å². The highest BCUT2D eigenvalue weighted by Crippen LogP contribution is 2.33. The lowest BCUT2D eigenvalue weighted by molar-refractivity contribution is -0.136. The number of phenols is 1.